The van der Waals surface area contributed by atoms with Crippen molar-refractivity contribution in [3.8, 4) is 0 Å². The van der Waals surface area contributed by atoms with Gasteiger partial charge in [0.05, 0.1) is 0 Å². The molecular formula is C16H25N5O6. The molecule has 0 aromatic carbocycles. The first-order chi connectivity index (χ1) is 12.6. The number of rotatable bonds is 9. The summed E-state index contributed by atoms with van der Waals surface area (Å²) in [5, 5.41) is 20.0. The van der Waals surface area contributed by atoms with E-state index in [0.717, 1.165) is 4.90 Å². The van der Waals surface area contributed by atoms with Crippen molar-refractivity contribution in [1.29, 1.82) is 0 Å². The van der Waals surface area contributed by atoms with Gasteiger partial charge in [0.25, 0.3) is 5.56 Å². The van der Waals surface area contributed by atoms with Gasteiger partial charge >= 0.3 is 12.1 Å². The number of aromatic nitrogens is 2. The predicted octanol–water partition coefficient (Wildman–Crippen LogP) is 0.00980. The number of nitrogens with one attached hydrogen (secondary N) is 3. The Balaban J connectivity index is 2.48. The van der Waals surface area contributed by atoms with Crippen molar-refractivity contribution in [1.82, 2.24) is 20.4 Å². The van der Waals surface area contributed by atoms with Crippen LogP contribution in [0.4, 0.5) is 10.5 Å². The Kier molecular flexibility index (Phi) is 8.24. The molecule has 0 bridgehead atoms. The monoisotopic (exact) mass is 383 g/mol. The average Bonchev–Trinajstić information content (AvgIpc) is 2.53. The Morgan fingerprint density at radius 2 is 2.00 bits per heavy atom. The molecule has 0 aliphatic carbocycles. The zero-order valence-electron chi connectivity index (χ0n) is 15.6. The van der Waals surface area contributed by atoms with Gasteiger partial charge in [0.15, 0.2) is 0 Å². The van der Waals surface area contributed by atoms with Crippen LogP contribution in [0.5, 0.6) is 0 Å². The Bertz CT molecular complexity index is 712. The zero-order valence-corrected chi connectivity index (χ0v) is 15.6. The predicted molar refractivity (Wildman–Crippen MR) is 96.4 cm³/mol. The number of anilines is 1. The van der Waals surface area contributed by atoms with E-state index >= 15 is 0 Å². The number of aliphatic carboxylic acids is 1. The van der Waals surface area contributed by atoms with Crippen LogP contribution in [0.1, 0.15) is 27.2 Å². The number of aromatic amines is 1. The van der Waals surface area contributed by atoms with Crippen LogP contribution in [0, 0.1) is 0 Å². The topological polar surface area (TPSA) is 154 Å². The lowest BCUT2D eigenvalue weighted by Crippen LogP contribution is -2.42. The summed E-state index contributed by atoms with van der Waals surface area (Å²) in [6.45, 7) is 4.85. The second-order valence-corrected chi connectivity index (χ2v) is 6.61. The van der Waals surface area contributed by atoms with Crippen molar-refractivity contribution in [2.45, 2.75) is 32.8 Å². The summed E-state index contributed by atoms with van der Waals surface area (Å²) >= 11 is 0. The molecule has 1 aromatic heterocycles. The fourth-order valence-electron chi connectivity index (χ4n) is 2.01. The minimum atomic E-state index is -1.17. The molecule has 0 atom stereocenters. The van der Waals surface area contributed by atoms with Crippen molar-refractivity contribution < 1.29 is 24.2 Å². The van der Waals surface area contributed by atoms with Crippen LogP contribution < -0.4 is 16.2 Å². The third kappa shape index (κ3) is 9.23. The summed E-state index contributed by atoms with van der Waals surface area (Å²) < 4.78 is 5.07. The molecule has 2 amide bonds. The van der Waals surface area contributed by atoms with Gasteiger partial charge in [0, 0.05) is 32.3 Å². The molecule has 0 saturated heterocycles. The first-order valence-electron chi connectivity index (χ1n) is 8.32. The summed E-state index contributed by atoms with van der Waals surface area (Å²) in [7, 11) is 0. The number of hydrogen-bond donors (Lipinski definition) is 4. The van der Waals surface area contributed by atoms with Gasteiger partial charge in [-0.15, -0.1) is 0 Å². The van der Waals surface area contributed by atoms with Crippen molar-refractivity contribution in [3.05, 3.63) is 22.6 Å². The zero-order chi connectivity index (χ0) is 20.4. The SMILES string of the molecule is CC(C)(C)OC(=O)NCCN(CC(=O)O)C(=O)CCNc1ccn[nH]c1=O. The fourth-order valence-corrected chi connectivity index (χ4v) is 2.01. The van der Waals surface area contributed by atoms with E-state index < -0.39 is 35.7 Å². The summed E-state index contributed by atoms with van der Waals surface area (Å²) in [6.07, 6.45) is 0.718. The number of hydrogen-bond acceptors (Lipinski definition) is 7. The third-order valence-corrected chi connectivity index (χ3v) is 3.11. The Hall–Kier alpha value is -3.11. The van der Waals surface area contributed by atoms with E-state index in [4.69, 9.17) is 9.84 Å². The molecule has 0 saturated carbocycles. The molecule has 0 aliphatic rings. The summed E-state index contributed by atoms with van der Waals surface area (Å²) in [5.41, 5.74) is -0.819. The summed E-state index contributed by atoms with van der Waals surface area (Å²) in [6, 6.07) is 1.46. The molecule has 150 valence electrons. The van der Waals surface area contributed by atoms with E-state index in [1.807, 2.05) is 0 Å². The number of amides is 2. The Morgan fingerprint density at radius 3 is 2.59 bits per heavy atom. The van der Waals surface area contributed by atoms with E-state index in [-0.39, 0.29) is 31.7 Å². The maximum atomic E-state index is 12.2. The highest BCUT2D eigenvalue weighted by molar-refractivity contribution is 5.81. The number of carbonyl (C=O) groups is 3. The quantitative estimate of drug-likeness (QED) is 0.465. The first kappa shape index (κ1) is 21.9. The number of ether oxygens (including phenoxy) is 1. The highest BCUT2D eigenvalue weighted by Crippen LogP contribution is 2.06. The molecule has 11 nitrogen and oxygen atoms in total. The molecular weight excluding hydrogens is 358 g/mol. The van der Waals surface area contributed by atoms with Gasteiger partial charge in [0.2, 0.25) is 5.91 Å². The van der Waals surface area contributed by atoms with Crippen LogP contribution in [0.25, 0.3) is 0 Å². The van der Waals surface area contributed by atoms with Gasteiger partial charge in [0.1, 0.15) is 17.8 Å². The van der Waals surface area contributed by atoms with Gasteiger partial charge in [-0.2, -0.15) is 5.10 Å². The molecule has 11 heteroatoms. The summed E-state index contributed by atoms with van der Waals surface area (Å²) in [4.78, 5) is 47.4. The van der Waals surface area contributed by atoms with Crippen molar-refractivity contribution in [3.63, 3.8) is 0 Å². The second-order valence-electron chi connectivity index (χ2n) is 6.61. The van der Waals surface area contributed by atoms with Gasteiger partial charge in [-0.25, -0.2) is 9.89 Å². The van der Waals surface area contributed by atoms with Crippen molar-refractivity contribution in [2.24, 2.45) is 0 Å². The van der Waals surface area contributed by atoms with Gasteiger partial charge in [-0.1, -0.05) is 0 Å². The number of carbonyl (C=O) groups excluding carboxylic acids is 2. The molecule has 1 heterocycles. The molecule has 0 fully saturated rings. The maximum Gasteiger partial charge on any atom is 0.407 e. The minimum Gasteiger partial charge on any atom is -0.480 e. The number of carboxylic acid groups (broad SMARTS) is 1. The largest absolute Gasteiger partial charge is 0.480 e. The minimum absolute atomic E-state index is 0.0141. The van der Waals surface area contributed by atoms with E-state index in [1.165, 1.54) is 12.3 Å². The Labute approximate surface area is 156 Å². The van der Waals surface area contributed by atoms with Crippen LogP contribution in [-0.2, 0) is 14.3 Å². The second kappa shape index (κ2) is 10.1. The van der Waals surface area contributed by atoms with Crippen LogP contribution in [0.2, 0.25) is 0 Å². The number of H-pyrrole nitrogens is 1. The smallest absolute Gasteiger partial charge is 0.407 e. The van der Waals surface area contributed by atoms with Crippen molar-refractivity contribution >= 4 is 23.7 Å². The number of alkyl carbamates (subject to hydrolysis) is 1. The Morgan fingerprint density at radius 1 is 1.30 bits per heavy atom. The first-order valence-corrected chi connectivity index (χ1v) is 8.32. The van der Waals surface area contributed by atoms with Gasteiger partial charge < -0.3 is 25.4 Å². The fraction of sp³-hybridized carbons (Fsp3) is 0.562. The average molecular weight is 383 g/mol. The summed E-state index contributed by atoms with van der Waals surface area (Å²) in [5.74, 6) is -1.60. The van der Waals surface area contributed by atoms with E-state index in [2.05, 4.69) is 20.8 Å². The molecule has 27 heavy (non-hydrogen) atoms. The van der Waals surface area contributed by atoms with Crippen LogP contribution in [0.15, 0.2) is 17.1 Å². The van der Waals surface area contributed by atoms with E-state index in [1.54, 1.807) is 20.8 Å². The van der Waals surface area contributed by atoms with Gasteiger partial charge in [-0.05, 0) is 26.8 Å². The lowest BCUT2D eigenvalue weighted by molar-refractivity contribution is -0.144. The van der Waals surface area contributed by atoms with Crippen LogP contribution in [-0.4, -0.2) is 70.0 Å². The maximum absolute atomic E-state index is 12.2. The molecule has 1 aromatic rings. The van der Waals surface area contributed by atoms with Crippen molar-refractivity contribution in [2.75, 3.05) is 31.5 Å². The molecule has 0 unspecified atom stereocenters. The standard InChI is InChI=1S/C16H25N5O6/c1-16(2,3)27-15(26)18-8-9-21(10-13(23)24)12(22)5-6-17-11-4-7-19-20-14(11)25/h4,7H,5-6,8-10H2,1-3H3,(H,17,19)(H,18,26)(H,20,25)(H,23,24). The van der Waals surface area contributed by atoms with Crippen LogP contribution >= 0.6 is 0 Å². The molecule has 0 aliphatic heterocycles. The highest BCUT2D eigenvalue weighted by Gasteiger charge is 2.19. The normalized spacial score (nSPS) is 10.8. The van der Waals surface area contributed by atoms with Gasteiger partial charge in [-0.3, -0.25) is 14.4 Å². The molecule has 1 rings (SSSR count). The highest BCUT2D eigenvalue weighted by atomic mass is 16.6. The van der Waals surface area contributed by atoms with E-state index in [0.29, 0.717) is 0 Å². The van der Waals surface area contributed by atoms with Crippen LogP contribution in [0.3, 0.4) is 0 Å². The lowest BCUT2D eigenvalue weighted by Gasteiger charge is -2.23. The molecule has 0 radical (unpaired) electrons. The molecule has 4 N–H and O–H groups in total. The lowest BCUT2D eigenvalue weighted by atomic mass is 10.2. The van der Waals surface area contributed by atoms with E-state index in [9.17, 15) is 19.2 Å². The number of carboxylic acids is 1. The third-order valence-electron chi connectivity index (χ3n) is 3.11. The number of nitrogens with zero attached hydrogens (tertiary/aromatic N) is 2. The molecule has 0 spiro atoms.